The van der Waals surface area contributed by atoms with E-state index in [1.165, 1.54) is 37.6 Å². The van der Waals surface area contributed by atoms with Gasteiger partial charge in [-0.1, -0.05) is 0 Å². The van der Waals surface area contributed by atoms with Crippen LogP contribution >= 0.6 is 0 Å². The van der Waals surface area contributed by atoms with E-state index in [4.69, 9.17) is 14.7 Å². The molecule has 100 valence electrons. The normalized spacial score (nSPS) is 9.60. The number of hydrogen-bond donors (Lipinski definition) is 0. The number of aromatic nitrogens is 1. The maximum atomic E-state index is 10.7. The van der Waals surface area contributed by atoms with Crippen LogP contribution in [0.3, 0.4) is 0 Å². The van der Waals surface area contributed by atoms with E-state index in [-0.39, 0.29) is 17.1 Å². The Morgan fingerprint density at radius 2 is 2.10 bits per heavy atom. The Morgan fingerprint density at radius 3 is 2.65 bits per heavy atom. The minimum Gasteiger partial charge on any atom is -0.493 e. The number of ether oxygens (including phenoxy) is 2. The highest BCUT2D eigenvalue weighted by atomic mass is 16.6. The number of nitriles is 1. The van der Waals surface area contributed by atoms with E-state index in [1.54, 1.807) is 6.07 Å². The van der Waals surface area contributed by atoms with Crippen molar-refractivity contribution in [1.29, 1.82) is 5.26 Å². The monoisotopic (exact) mass is 271 g/mol. The van der Waals surface area contributed by atoms with Crippen LogP contribution in [-0.2, 0) is 0 Å². The van der Waals surface area contributed by atoms with Crippen LogP contribution in [0.2, 0.25) is 0 Å². The Bertz CT molecular complexity index is 677. The Hall–Kier alpha value is -3.14. The van der Waals surface area contributed by atoms with E-state index in [1.807, 2.05) is 6.07 Å². The second kappa shape index (κ2) is 5.67. The van der Waals surface area contributed by atoms with Gasteiger partial charge in [-0.05, 0) is 18.2 Å². The van der Waals surface area contributed by atoms with Crippen LogP contribution < -0.4 is 9.47 Å². The molecule has 2 aromatic rings. The number of nitro benzene ring substituents is 1. The molecule has 0 radical (unpaired) electrons. The fraction of sp³-hybridized carbons (Fsp3) is 0.0769. The summed E-state index contributed by atoms with van der Waals surface area (Å²) in [6.45, 7) is 0. The van der Waals surface area contributed by atoms with Crippen molar-refractivity contribution < 1.29 is 14.4 Å². The van der Waals surface area contributed by atoms with Gasteiger partial charge >= 0.3 is 0 Å². The minimum absolute atomic E-state index is 0.0906. The van der Waals surface area contributed by atoms with Crippen molar-refractivity contribution >= 4 is 5.69 Å². The van der Waals surface area contributed by atoms with E-state index in [9.17, 15) is 10.1 Å². The molecule has 20 heavy (non-hydrogen) atoms. The van der Waals surface area contributed by atoms with Gasteiger partial charge in [0.25, 0.3) is 5.69 Å². The molecule has 1 aromatic heterocycles. The van der Waals surface area contributed by atoms with Crippen molar-refractivity contribution in [3.8, 4) is 23.3 Å². The molecule has 0 bridgehead atoms. The number of pyridine rings is 1. The summed E-state index contributed by atoms with van der Waals surface area (Å²) in [5.74, 6) is 0.962. The van der Waals surface area contributed by atoms with Gasteiger partial charge in [0.15, 0.2) is 11.5 Å². The highest BCUT2D eigenvalue weighted by Gasteiger charge is 2.13. The smallest absolute Gasteiger partial charge is 0.273 e. The lowest BCUT2D eigenvalue weighted by molar-refractivity contribution is -0.384. The molecule has 0 fully saturated rings. The molecular weight excluding hydrogens is 262 g/mol. The van der Waals surface area contributed by atoms with Crippen molar-refractivity contribution in [2.24, 2.45) is 0 Å². The summed E-state index contributed by atoms with van der Waals surface area (Å²) in [6.07, 6.45) is 1.39. The van der Waals surface area contributed by atoms with Crippen LogP contribution in [0.5, 0.6) is 17.2 Å². The van der Waals surface area contributed by atoms with Gasteiger partial charge in [0.1, 0.15) is 17.5 Å². The number of nitrogens with zero attached hydrogens (tertiary/aromatic N) is 3. The van der Waals surface area contributed by atoms with E-state index in [0.29, 0.717) is 11.5 Å². The quantitative estimate of drug-likeness (QED) is 0.626. The summed E-state index contributed by atoms with van der Waals surface area (Å²) in [6, 6.07) is 9.00. The third-order valence-electron chi connectivity index (χ3n) is 2.44. The zero-order valence-electron chi connectivity index (χ0n) is 10.4. The van der Waals surface area contributed by atoms with Crippen LogP contribution in [0, 0.1) is 21.4 Å². The lowest BCUT2D eigenvalue weighted by Crippen LogP contribution is -1.94. The minimum atomic E-state index is -0.518. The number of nitro groups is 1. The maximum absolute atomic E-state index is 10.7. The van der Waals surface area contributed by atoms with Crippen LogP contribution in [0.4, 0.5) is 5.69 Å². The molecule has 2 rings (SSSR count). The van der Waals surface area contributed by atoms with Crippen LogP contribution in [0.15, 0.2) is 36.5 Å². The van der Waals surface area contributed by atoms with Crippen LogP contribution in [0.25, 0.3) is 0 Å². The van der Waals surface area contributed by atoms with Crippen LogP contribution in [0.1, 0.15) is 5.69 Å². The fourth-order valence-electron chi connectivity index (χ4n) is 1.49. The number of rotatable bonds is 4. The molecule has 0 spiro atoms. The van der Waals surface area contributed by atoms with E-state index < -0.39 is 4.92 Å². The molecule has 0 saturated carbocycles. The van der Waals surface area contributed by atoms with Gasteiger partial charge in [0, 0.05) is 6.07 Å². The summed E-state index contributed by atoms with van der Waals surface area (Å²) in [5, 5.41) is 19.3. The van der Waals surface area contributed by atoms with Gasteiger partial charge in [0.05, 0.1) is 24.3 Å². The second-order valence-electron chi connectivity index (χ2n) is 3.69. The molecule has 1 aromatic carbocycles. The summed E-state index contributed by atoms with van der Waals surface area (Å²) < 4.78 is 10.6. The first kappa shape index (κ1) is 13.3. The molecule has 7 heteroatoms. The van der Waals surface area contributed by atoms with E-state index in [2.05, 4.69) is 4.98 Å². The zero-order chi connectivity index (χ0) is 14.5. The third-order valence-corrected chi connectivity index (χ3v) is 2.44. The van der Waals surface area contributed by atoms with E-state index >= 15 is 0 Å². The van der Waals surface area contributed by atoms with Crippen molar-refractivity contribution in [3.05, 3.63) is 52.3 Å². The second-order valence-corrected chi connectivity index (χ2v) is 3.69. The number of benzene rings is 1. The summed E-state index contributed by atoms with van der Waals surface area (Å²) in [7, 11) is 1.39. The average molecular weight is 271 g/mol. The molecule has 0 aliphatic rings. The Kier molecular flexibility index (Phi) is 3.77. The molecule has 0 atom stereocenters. The predicted molar refractivity (Wildman–Crippen MR) is 68.7 cm³/mol. The van der Waals surface area contributed by atoms with E-state index in [0.717, 1.165) is 0 Å². The molecule has 1 heterocycles. The van der Waals surface area contributed by atoms with Gasteiger partial charge in [-0.25, -0.2) is 4.98 Å². The van der Waals surface area contributed by atoms with Crippen molar-refractivity contribution in [2.75, 3.05) is 7.11 Å². The van der Waals surface area contributed by atoms with Gasteiger partial charge in [-0.3, -0.25) is 10.1 Å². The van der Waals surface area contributed by atoms with Crippen molar-refractivity contribution in [2.45, 2.75) is 0 Å². The topological polar surface area (TPSA) is 98.3 Å². The lowest BCUT2D eigenvalue weighted by atomic mass is 10.3. The van der Waals surface area contributed by atoms with Gasteiger partial charge in [-0.15, -0.1) is 0 Å². The molecule has 0 aliphatic carbocycles. The van der Waals surface area contributed by atoms with Gasteiger partial charge < -0.3 is 9.47 Å². The fourth-order valence-corrected chi connectivity index (χ4v) is 1.49. The molecule has 7 nitrogen and oxygen atoms in total. The molecule has 0 saturated heterocycles. The first-order chi connectivity index (χ1) is 9.63. The average Bonchev–Trinajstić information content (AvgIpc) is 2.48. The lowest BCUT2D eigenvalue weighted by Gasteiger charge is -2.09. The molecule has 0 aliphatic heterocycles. The van der Waals surface area contributed by atoms with Crippen LogP contribution in [-0.4, -0.2) is 17.0 Å². The highest BCUT2D eigenvalue weighted by molar-refractivity contribution is 5.50. The SMILES string of the molecule is COc1cc([N+](=O)[O-])ccc1Oc1ccc(C#N)nc1. The standard InChI is InChI=1S/C13H9N3O4/c1-19-13-6-10(16(17)18)3-5-12(13)20-11-4-2-9(7-14)15-8-11/h2-6,8H,1H3. The molecular formula is C13H9N3O4. The molecule has 0 unspecified atom stereocenters. The Morgan fingerprint density at radius 1 is 1.30 bits per heavy atom. The maximum Gasteiger partial charge on any atom is 0.273 e. The number of methoxy groups -OCH3 is 1. The number of non-ortho nitro benzene ring substituents is 1. The summed E-state index contributed by atoms with van der Waals surface area (Å²) in [5.41, 5.74) is 0.181. The van der Waals surface area contributed by atoms with Crippen molar-refractivity contribution in [1.82, 2.24) is 4.98 Å². The zero-order valence-corrected chi connectivity index (χ0v) is 10.4. The van der Waals surface area contributed by atoms with Gasteiger partial charge in [0.2, 0.25) is 0 Å². The predicted octanol–water partition coefficient (Wildman–Crippen LogP) is 2.66. The third kappa shape index (κ3) is 2.81. The molecule has 0 N–H and O–H groups in total. The largest absolute Gasteiger partial charge is 0.493 e. The highest BCUT2D eigenvalue weighted by Crippen LogP contribution is 2.34. The van der Waals surface area contributed by atoms with Gasteiger partial charge in [-0.2, -0.15) is 5.26 Å². The first-order valence-corrected chi connectivity index (χ1v) is 5.50. The summed E-state index contributed by atoms with van der Waals surface area (Å²) >= 11 is 0. The number of hydrogen-bond acceptors (Lipinski definition) is 6. The Balaban J connectivity index is 2.28. The summed E-state index contributed by atoms with van der Waals surface area (Å²) in [4.78, 5) is 14.0. The molecule has 0 amide bonds. The Labute approximate surface area is 114 Å². The first-order valence-electron chi connectivity index (χ1n) is 5.50. The van der Waals surface area contributed by atoms with Crippen molar-refractivity contribution in [3.63, 3.8) is 0 Å².